The number of halogens is 1. The van der Waals surface area contributed by atoms with Crippen LogP contribution in [0.2, 0.25) is 0 Å². The van der Waals surface area contributed by atoms with Gasteiger partial charge >= 0.3 is 0 Å². The van der Waals surface area contributed by atoms with Gasteiger partial charge in [-0.2, -0.15) is 9.49 Å². The van der Waals surface area contributed by atoms with Gasteiger partial charge in [0.15, 0.2) is 0 Å². The largest absolute Gasteiger partial charge is 0.381 e. The maximum absolute atomic E-state index is 14.5. The van der Waals surface area contributed by atoms with Gasteiger partial charge in [0.1, 0.15) is 11.5 Å². The minimum atomic E-state index is -0.465. The van der Waals surface area contributed by atoms with Crippen LogP contribution in [0.4, 0.5) is 10.2 Å². The molecule has 1 saturated heterocycles. The molecule has 5 nitrogen and oxygen atoms in total. The van der Waals surface area contributed by atoms with Crippen molar-refractivity contribution in [1.29, 1.82) is 0 Å². The summed E-state index contributed by atoms with van der Waals surface area (Å²) in [5.41, 5.74) is 1.14. The summed E-state index contributed by atoms with van der Waals surface area (Å²) < 4.78 is 21.9. The van der Waals surface area contributed by atoms with E-state index in [1.54, 1.807) is 17.8 Å². The molecule has 0 radical (unpaired) electrons. The number of ether oxygens (including phenoxy) is 1. The predicted molar refractivity (Wildman–Crippen MR) is 92.9 cm³/mol. The molecule has 1 N–H and O–H groups in total. The highest BCUT2D eigenvalue weighted by Crippen LogP contribution is 2.33. The summed E-state index contributed by atoms with van der Waals surface area (Å²) in [4.78, 5) is 5.05. The molecule has 2 aromatic heterocycles. The third kappa shape index (κ3) is 3.28. The summed E-state index contributed by atoms with van der Waals surface area (Å²) in [6.45, 7) is 1.51. The van der Waals surface area contributed by atoms with Crippen molar-refractivity contribution in [2.45, 2.75) is 42.7 Å². The van der Waals surface area contributed by atoms with Crippen LogP contribution < -0.4 is 5.32 Å². The molecular formula is C17H21FN4OS. The van der Waals surface area contributed by atoms with Crippen molar-refractivity contribution in [2.24, 2.45) is 0 Å². The minimum Gasteiger partial charge on any atom is -0.381 e. The van der Waals surface area contributed by atoms with Gasteiger partial charge in [-0.25, -0.2) is 4.98 Å². The summed E-state index contributed by atoms with van der Waals surface area (Å²) in [6, 6.07) is 4.40. The fourth-order valence-electron chi connectivity index (χ4n) is 2.98. The highest BCUT2D eigenvalue weighted by atomic mass is 32.2. The van der Waals surface area contributed by atoms with Gasteiger partial charge in [0.25, 0.3) is 0 Å². The zero-order valence-corrected chi connectivity index (χ0v) is 14.5. The number of nitrogens with zero attached hydrogens (tertiary/aromatic N) is 3. The number of nitrogens with one attached hydrogen (secondary N) is 1. The van der Waals surface area contributed by atoms with Crippen LogP contribution in [-0.4, -0.2) is 40.3 Å². The molecule has 0 spiro atoms. The number of hydrogen-bond donors (Lipinski definition) is 1. The van der Waals surface area contributed by atoms with E-state index < -0.39 is 5.95 Å². The van der Waals surface area contributed by atoms with Gasteiger partial charge in [-0.3, -0.25) is 4.68 Å². The fourth-order valence-corrected chi connectivity index (χ4v) is 3.53. The Bertz CT molecular complexity index is 725. The van der Waals surface area contributed by atoms with Crippen molar-refractivity contribution in [3.63, 3.8) is 0 Å². The Morgan fingerprint density at radius 3 is 2.71 bits per heavy atom. The molecule has 1 aliphatic heterocycles. The normalized spacial score (nSPS) is 18.8. The van der Waals surface area contributed by atoms with Gasteiger partial charge in [0.2, 0.25) is 5.95 Å². The lowest BCUT2D eigenvalue weighted by Gasteiger charge is -2.22. The van der Waals surface area contributed by atoms with E-state index in [2.05, 4.69) is 15.4 Å². The first-order chi connectivity index (χ1) is 11.7. The van der Waals surface area contributed by atoms with Crippen LogP contribution in [0.5, 0.6) is 0 Å². The van der Waals surface area contributed by atoms with Crippen LogP contribution in [0.25, 0.3) is 11.3 Å². The number of rotatable bonds is 5. The van der Waals surface area contributed by atoms with Crippen molar-refractivity contribution < 1.29 is 9.13 Å². The lowest BCUT2D eigenvalue weighted by molar-refractivity contribution is 0.0662. The lowest BCUT2D eigenvalue weighted by atomic mass is 10.1. The van der Waals surface area contributed by atoms with Crippen LogP contribution in [-0.2, 0) is 4.74 Å². The Labute approximate surface area is 145 Å². The Balaban J connectivity index is 1.63. The molecular weight excluding hydrogens is 327 g/mol. The fraction of sp³-hybridized carbons (Fsp3) is 0.529. The van der Waals surface area contributed by atoms with Crippen molar-refractivity contribution in [1.82, 2.24) is 14.8 Å². The second-order valence-corrected chi connectivity index (χ2v) is 7.17. The first-order valence-electron chi connectivity index (χ1n) is 8.39. The van der Waals surface area contributed by atoms with Gasteiger partial charge in [0, 0.05) is 25.5 Å². The molecule has 0 amide bonds. The quantitative estimate of drug-likeness (QED) is 0.659. The molecule has 2 fully saturated rings. The van der Waals surface area contributed by atoms with E-state index in [0.29, 0.717) is 29.2 Å². The van der Waals surface area contributed by atoms with Gasteiger partial charge < -0.3 is 10.1 Å². The summed E-state index contributed by atoms with van der Waals surface area (Å²) in [6.07, 6.45) is 8.17. The van der Waals surface area contributed by atoms with Crippen LogP contribution in [0.1, 0.15) is 31.7 Å². The van der Waals surface area contributed by atoms with E-state index in [4.69, 9.17) is 4.74 Å². The van der Waals surface area contributed by atoms with E-state index in [1.165, 1.54) is 0 Å². The molecule has 24 heavy (non-hydrogen) atoms. The highest BCUT2D eigenvalue weighted by Gasteiger charge is 2.24. The third-order valence-electron chi connectivity index (χ3n) is 4.52. The highest BCUT2D eigenvalue weighted by molar-refractivity contribution is 7.98. The van der Waals surface area contributed by atoms with Gasteiger partial charge in [-0.1, -0.05) is 0 Å². The Kier molecular flexibility index (Phi) is 4.45. The Morgan fingerprint density at radius 2 is 2.04 bits per heavy atom. The average molecular weight is 348 g/mol. The molecule has 128 valence electrons. The molecule has 0 aromatic carbocycles. The molecule has 1 aliphatic carbocycles. The van der Waals surface area contributed by atoms with Gasteiger partial charge in [-0.05, 0) is 44.1 Å². The second kappa shape index (κ2) is 6.72. The number of aromatic nitrogens is 3. The number of hydrogen-bond acceptors (Lipinski definition) is 5. The molecule has 0 atom stereocenters. The first kappa shape index (κ1) is 15.9. The van der Waals surface area contributed by atoms with Crippen LogP contribution >= 0.6 is 11.8 Å². The minimum absolute atomic E-state index is 0.324. The Hall–Kier alpha value is -1.60. The summed E-state index contributed by atoms with van der Waals surface area (Å²) in [7, 11) is 0. The maximum Gasteiger partial charge on any atom is 0.224 e. The maximum atomic E-state index is 14.5. The molecule has 0 unspecified atom stereocenters. The van der Waals surface area contributed by atoms with E-state index in [9.17, 15) is 4.39 Å². The number of pyridine rings is 1. The Morgan fingerprint density at radius 1 is 1.25 bits per heavy atom. The molecule has 0 bridgehead atoms. The zero-order chi connectivity index (χ0) is 16.5. The molecule has 1 saturated carbocycles. The van der Waals surface area contributed by atoms with Crippen molar-refractivity contribution in [3.8, 4) is 11.3 Å². The standard InChI is InChI=1S/C17H21FN4OS/c1-24-14-10-22(12-6-8-23-9-7-12)21-16(14)13-4-5-15(20-17(13)18)19-11-2-3-11/h4-5,10-12H,2-3,6-9H2,1H3,(H,19,20). The van der Waals surface area contributed by atoms with Crippen LogP contribution in [0.3, 0.4) is 0 Å². The van der Waals surface area contributed by atoms with Gasteiger partial charge in [0.05, 0.1) is 16.5 Å². The number of anilines is 1. The molecule has 2 aromatic rings. The summed E-state index contributed by atoms with van der Waals surface area (Å²) in [5, 5.41) is 7.90. The van der Waals surface area contributed by atoms with Crippen molar-refractivity contribution in [2.75, 3.05) is 24.8 Å². The SMILES string of the molecule is CSc1cn(C2CCOCC2)nc1-c1ccc(NC2CC2)nc1F. The molecule has 2 aliphatic rings. The van der Waals surface area contributed by atoms with E-state index in [0.717, 1.165) is 43.8 Å². The van der Waals surface area contributed by atoms with Crippen molar-refractivity contribution in [3.05, 3.63) is 24.3 Å². The average Bonchev–Trinajstić information content (AvgIpc) is 3.31. The van der Waals surface area contributed by atoms with Crippen molar-refractivity contribution >= 4 is 17.6 Å². The number of thioether (sulfide) groups is 1. The third-order valence-corrected chi connectivity index (χ3v) is 5.26. The zero-order valence-electron chi connectivity index (χ0n) is 13.7. The first-order valence-corrected chi connectivity index (χ1v) is 9.61. The van der Waals surface area contributed by atoms with Crippen LogP contribution in [0, 0.1) is 5.95 Å². The monoisotopic (exact) mass is 348 g/mol. The summed E-state index contributed by atoms with van der Waals surface area (Å²) in [5.74, 6) is 0.140. The second-order valence-electron chi connectivity index (χ2n) is 6.32. The smallest absolute Gasteiger partial charge is 0.224 e. The van der Waals surface area contributed by atoms with E-state index in [-0.39, 0.29) is 0 Å². The van der Waals surface area contributed by atoms with E-state index >= 15 is 0 Å². The molecule has 7 heteroatoms. The molecule has 3 heterocycles. The van der Waals surface area contributed by atoms with E-state index in [1.807, 2.05) is 23.2 Å². The summed E-state index contributed by atoms with van der Waals surface area (Å²) >= 11 is 1.58. The molecule has 4 rings (SSSR count). The lowest BCUT2D eigenvalue weighted by Crippen LogP contribution is -2.19. The van der Waals surface area contributed by atoms with Gasteiger partial charge in [-0.15, -0.1) is 11.8 Å². The van der Waals surface area contributed by atoms with Crippen LogP contribution in [0.15, 0.2) is 23.2 Å². The topological polar surface area (TPSA) is 52.0 Å². The predicted octanol–water partition coefficient (Wildman–Crippen LogP) is 3.73.